The maximum Gasteiger partial charge on any atom is 0.0488 e. The number of nitrogens with two attached hydrogens (primary N) is 1. The van der Waals surface area contributed by atoms with E-state index in [2.05, 4.69) is 15.9 Å². The van der Waals surface area contributed by atoms with E-state index in [1.807, 2.05) is 29.6 Å². The van der Waals surface area contributed by atoms with E-state index in [-0.39, 0.29) is 0 Å². The second-order valence-corrected chi connectivity index (χ2v) is 5.31. The smallest absolute Gasteiger partial charge is 0.0488 e. The van der Waals surface area contributed by atoms with Crippen molar-refractivity contribution < 1.29 is 0 Å². The lowest BCUT2D eigenvalue weighted by atomic mass is 10.1. The first-order chi connectivity index (χ1) is 7.22. The molecule has 1 aromatic heterocycles. The van der Waals surface area contributed by atoms with Gasteiger partial charge >= 0.3 is 0 Å². The maximum absolute atomic E-state index is 5.93. The highest BCUT2D eigenvalue weighted by Crippen LogP contribution is 2.36. The highest BCUT2D eigenvalue weighted by molar-refractivity contribution is 9.10. The van der Waals surface area contributed by atoms with Gasteiger partial charge in [-0.3, -0.25) is 0 Å². The Hall–Kier alpha value is -0.350. The molecule has 0 aliphatic carbocycles. The average molecular weight is 303 g/mol. The van der Waals surface area contributed by atoms with Crippen LogP contribution in [-0.4, -0.2) is 0 Å². The van der Waals surface area contributed by atoms with E-state index in [1.165, 1.54) is 4.88 Å². The van der Waals surface area contributed by atoms with Gasteiger partial charge in [0.15, 0.2) is 0 Å². The molecule has 0 saturated heterocycles. The van der Waals surface area contributed by atoms with E-state index >= 15 is 0 Å². The van der Waals surface area contributed by atoms with Gasteiger partial charge in [-0.15, -0.1) is 11.3 Å². The third kappa shape index (κ3) is 2.26. The summed E-state index contributed by atoms with van der Waals surface area (Å²) in [6.45, 7) is 0.500. The van der Waals surface area contributed by atoms with Crippen molar-refractivity contribution in [3.8, 4) is 10.4 Å². The second-order valence-electron chi connectivity index (χ2n) is 3.10. The zero-order chi connectivity index (χ0) is 10.8. The van der Waals surface area contributed by atoms with Crippen molar-refractivity contribution in [1.29, 1.82) is 0 Å². The Morgan fingerprint density at radius 2 is 2.13 bits per heavy atom. The number of thiophene rings is 1. The van der Waals surface area contributed by atoms with Crippen molar-refractivity contribution >= 4 is 38.9 Å². The predicted molar refractivity (Wildman–Crippen MR) is 70.4 cm³/mol. The quantitative estimate of drug-likeness (QED) is 0.880. The molecule has 2 rings (SSSR count). The normalized spacial score (nSPS) is 10.6. The predicted octanol–water partition coefficient (Wildman–Crippen LogP) is 4.29. The van der Waals surface area contributed by atoms with Crippen LogP contribution in [0, 0.1) is 0 Å². The topological polar surface area (TPSA) is 26.0 Å². The Morgan fingerprint density at radius 1 is 1.33 bits per heavy atom. The number of hydrogen-bond donors (Lipinski definition) is 1. The molecule has 4 heteroatoms. The largest absolute Gasteiger partial charge is 0.326 e. The van der Waals surface area contributed by atoms with Crippen molar-refractivity contribution in [2.24, 2.45) is 5.73 Å². The standard InChI is InChI=1S/C11H9BrClNS/c12-10-3-4-15-11(10)9-2-1-8(13)5-7(9)6-14/h1-5H,6,14H2. The fourth-order valence-electron chi connectivity index (χ4n) is 1.44. The first-order valence-corrected chi connectivity index (χ1v) is 6.49. The lowest BCUT2D eigenvalue weighted by molar-refractivity contribution is 1.07. The molecule has 78 valence electrons. The summed E-state index contributed by atoms with van der Waals surface area (Å²) in [5, 5.41) is 2.78. The summed E-state index contributed by atoms with van der Waals surface area (Å²) in [5.74, 6) is 0. The first kappa shape index (κ1) is 11.1. The first-order valence-electron chi connectivity index (χ1n) is 4.44. The Morgan fingerprint density at radius 3 is 2.73 bits per heavy atom. The van der Waals surface area contributed by atoms with Crippen molar-refractivity contribution in [3.05, 3.63) is 44.7 Å². The summed E-state index contributed by atoms with van der Waals surface area (Å²) < 4.78 is 1.10. The van der Waals surface area contributed by atoms with Crippen molar-refractivity contribution in [1.82, 2.24) is 0 Å². The van der Waals surface area contributed by atoms with E-state index in [9.17, 15) is 0 Å². The Bertz CT molecular complexity index is 481. The number of halogens is 2. The van der Waals surface area contributed by atoms with Gasteiger partial charge in [-0.1, -0.05) is 17.7 Å². The van der Waals surface area contributed by atoms with Gasteiger partial charge in [0.05, 0.1) is 0 Å². The van der Waals surface area contributed by atoms with Gasteiger partial charge in [0.25, 0.3) is 0 Å². The molecule has 1 aromatic carbocycles. The molecule has 0 radical (unpaired) electrons. The Balaban J connectivity index is 2.58. The van der Waals surface area contributed by atoms with Crippen LogP contribution in [0.5, 0.6) is 0 Å². The van der Waals surface area contributed by atoms with Crippen LogP contribution in [0.1, 0.15) is 5.56 Å². The lowest BCUT2D eigenvalue weighted by Gasteiger charge is -2.06. The fourth-order valence-corrected chi connectivity index (χ4v) is 3.28. The Labute approximate surface area is 106 Å². The molecule has 2 N–H and O–H groups in total. The van der Waals surface area contributed by atoms with Crippen LogP contribution in [0.25, 0.3) is 10.4 Å². The minimum absolute atomic E-state index is 0.500. The molecule has 0 aliphatic heterocycles. The summed E-state index contributed by atoms with van der Waals surface area (Å²) in [7, 11) is 0. The molecule has 1 heterocycles. The van der Waals surface area contributed by atoms with Crippen LogP contribution >= 0.6 is 38.9 Å². The molecule has 1 nitrogen and oxygen atoms in total. The average Bonchev–Trinajstić information content (AvgIpc) is 2.64. The van der Waals surface area contributed by atoms with E-state index in [0.717, 1.165) is 20.6 Å². The summed E-state index contributed by atoms with van der Waals surface area (Å²) in [5.41, 5.74) is 7.94. The summed E-state index contributed by atoms with van der Waals surface area (Å²) >= 11 is 11.1. The van der Waals surface area contributed by atoms with E-state index in [4.69, 9.17) is 17.3 Å². The van der Waals surface area contributed by atoms with Crippen LogP contribution in [0.15, 0.2) is 34.1 Å². The van der Waals surface area contributed by atoms with Gasteiger partial charge in [0.2, 0.25) is 0 Å². The minimum atomic E-state index is 0.500. The van der Waals surface area contributed by atoms with Gasteiger partial charge in [0, 0.05) is 20.9 Å². The fraction of sp³-hybridized carbons (Fsp3) is 0.0909. The zero-order valence-corrected chi connectivity index (χ0v) is 11.0. The SMILES string of the molecule is NCc1cc(Cl)ccc1-c1sccc1Br. The van der Waals surface area contributed by atoms with Gasteiger partial charge in [-0.25, -0.2) is 0 Å². The molecule has 15 heavy (non-hydrogen) atoms. The van der Waals surface area contributed by atoms with Crippen molar-refractivity contribution in [2.75, 3.05) is 0 Å². The molecule has 0 bridgehead atoms. The lowest BCUT2D eigenvalue weighted by Crippen LogP contribution is -1.98. The van der Waals surface area contributed by atoms with E-state index in [0.29, 0.717) is 6.54 Å². The number of benzene rings is 1. The molecule has 0 saturated carbocycles. The van der Waals surface area contributed by atoms with Crippen LogP contribution in [0.2, 0.25) is 5.02 Å². The Kier molecular flexibility index (Phi) is 3.46. The van der Waals surface area contributed by atoms with Crippen molar-refractivity contribution in [2.45, 2.75) is 6.54 Å². The van der Waals surface area contributed by atoms with Gasteiger partial charge < -0.3 is 5.73 Å². The van der Waals surface area contributed by atoms with Crippen LogP contribution in [-0.2, 0) is 6.54 Å². The minimum Gasteiger partial charge on any atom is -0.326 e. The molecule has 2 aromatic rings. The van der Waals surface area contributed by atoms with E-state index < -0.39 is 0 Å². The molecular weight excluding hydrogens is 294 g/mol. The van der Waals surface area contributed by atoms with Crippen molar-refractivity contribution in [3.63, 3.8) is 0 Å². The highest BCUT2D eigenvalue weighted by atomic mass is 79.9. The molecule has 0 amide bonds. The third-order valence-corrected chi connectivity index (χ3v) is 4.26. The number of hydrogen-bond acceptors (Lipinski definition) is 2. The van der Waals surface area contributed by atoms with Gasteiger partial charge in [-0.2, -0.15) is 0 Å². The second kappa shape index (κ2) is 4.66. The molecule has 0 atom stereocenters. The monoisotopic (exact) mass is 301 g/mol. The molecule has 0 aliphatic rings. The highest BCUT2D eigenvalue weighted by Gasteiger charge is 2.09. The van der Waals surface area contributed by atoms with Crippen LogP contribution in [0.4, 0.5) is 0 Å². The number of rotatable bonds is 2. The summed E-state index contributed by atoms with van der Waals surface area (Å²) in [6, 6.07) is 7.86. The van der Waals surface area contributed by atoms with Crippen LogP contribution in [0.3, 0.4) is 0 Å². The molecule has 0 unspecified atom stereocenters. The molecule has 0 fully saturated rings. The van der Waals surface area contributed by atoms with Crippen LogP contribution < -0.4 is 5.73 Å². The summed E-state index contributed by atoms with van der Waals surface area (Å²) in [6.07, 6.45) is 0. The molecular formula is C11H9BrClNS. The summed E-state index contributed by atoms with van der Waals surface area (Å²) in [4.78, 5) is 1.20. The van der Waals surface area contributed by atoms with Gasteiger partial charge in [0.1, 0.15) is 0 Å². The van der Waals surface area contributed by atoms with Gasteiger partial charge in [-0.05, 0) is 50.6 Å². The van der Waals surface area contributed by atoms with E-state index in [1.54, 1.807) is 11.3 Å². The zero-order valence-electron chi connectivity index (χ0n) is 7.84. The third-order valence-electron chi connectivity index (χ3n) is 2.15. The molecule has 0 spiro atoms. The maximum atomic E-state index is 5.93.